The molecule has 17 heavy (non-hydrogen) atoms. The van der Waals surface area contributed by atoms with Crippen molar-refractivity contribution in [3.8, 4) is 5.75 Å². The number of hydrogen-bond donors (Lipinski definition) is 2. The lowest BCUT2D eigenvalue weighted by Crippen LogP contribution is -1.95. The van der Waals surface area contributed by atoms with E-state index in [0.29, 0.717) is 5.02 Å². The van der Waals surface area contributed by atoms with Gasteiger partial charge >= 0.3 is 0 Å². The number of aromatic hydroxyl groups is 1. The van der Waals surface area contributed by atoms with Crippen molar-refractivity contribution in [2.75, 3.05) is 0 Å². The van der Waals surface area contributed by atoms with Gasteiger partial charge in [-0.2, -0.15) is 12.6 Å². The molecule has 1 unspecified atom stereocenters. The zero-order valence-corrected chi connectivity index (χ0v) is 10.8. The van der Waals surface area contributed by atoms with Crippen molar-refractivity contribution in [3.63, 3.8) is 0 Å². The van der Waals surface area contributed by atoms with Crippen LogP contribution in [-0.4, -0.2) is 5.11 Å². The van der Waals surface area contributed by atoms with E-state index in [2.05, 4.69) is 24.8 Å². The molecule has 0 saturated carbocycles. The second-order valence-corrected chi connectivity index (χ2v) is 4.95. The van der Waals surface area contributed by atoms with Gasteiger partial charge < -0.3 is 5.11 Å². The summed E-state index contributed by atoms with van der Waals surface area (Å²) in [7, 11) is 0. The third-order valence-electron chi connectivity index (χ3n) is 2.63. The number of rotatable bonds is 3. The van der Waals surface area contributed by atoms with Gasteiger partial charge in [-0.05, 0) is 29.7 Å². The van der Waals surface area contributed by atoms with Crippen LogP contribution in [0.15, 0.2) is 48.5 Å². The third kappa shape index (κ3) is 3.18. The van der Waals surface area contributed by atoms with Crippen LogP contribution in [0, 0.1) is 0 Å². The Morgan fingerprint density at radius 2 is 1.82 bits per heavy atom. The molecule has 0 aliphatic carbocycles. The Hall–Kier alpha value is -1.12. The van der Waals surface area contributed by atoms with Crippen LogP contribution in [0.4, 0.5) is 0 Å². The van der Waals surface area contributed by atoms with Crippen LogP contribution >= 0.6 is 24.2 Å². The molecule has 1 N–H and O–H groups in total. The zero-order chi connectivity index (χ0) is 12.3. The smallest absolute Gasteiger partial charge is 0.134 e. The van der Waals surface area contributed by atoms with Gasteiger partial charge in [-0.1, -0.05) is 48.0 Å². The van der Waals surface area contributed by atoms with Crippen LogP contribution < -0.4 is 0 Å². The summed E-state index contributed by atoms with van der Waals surface area (Å²) in [6, 6.07) is 15.4. The molecule has 0 aliphatic rings. The van der Waals surface area contributed by atoms with E-state index in [1.807, 2.05) is 24.3 Å². The van der Waals surface area contributed by atoms with Crippen LogP contribution in [0.3, 0.4) is 0 Å². The molecule has 0 aromatic heterocycles. The van der Waals surface area contributed by atoms with Crippen molar-refractivity contribution in [2.24, 2.45) is 0 Å². The van der Waals surface area contributed by atoms with Gasteiger partial charge in [0.25, 0.3) is 0 Å². The second-order valence-electron chi connectivity index (χ2n) is 3.92. The Bertz CT molecular complexity index is 499. The number of halogens is 1. The molecule has 0 bridgehead atoms. The molecule has 0 saturated heterocycles. The zero-order valence-electron chi connectivity index (χ0n) is 9.18. The fraction of sp³-hybridized carbons (Fsp3) is 0.143. The highest BCUT2D eigenvalue weighted by Crippen LogP contribution is 2.30. The summed E-state index contributed by atoms with van der Waals surface area (Å²) in [5.74, 6) is 0.107. The second kappa shape index (κ2) is 5.48. The molecule has 2 aromatic rings. The molecule has 1 atom stereocenters. The van der Waals surface area contributed by atoms with Gasteiger partial charge in [0.05, 0.1) is 5.02 Å². The monoisotopic (exact) mass is 264 g/mol. The predicted molar refractivity (Wildman–Crippen MR) is 75.0 cm³/mol. The summed E-state index contributed by atoms with van der Waals surface area (Å²) in [4.78, 5) is 0. The molecule has 1 nitrogen and oxygen atoms in total. The van der Waals surface area contributed by atoms with E-state index >= 15 is 0 Å². The maximum atomic E-state index is 9.36. The Balaban J connectivity index is 2.14. The maximum Gasteiger partial charge on any atom is 0.134 e. The van der Waals surface area contributed by atoms with Crippen molar-refractivity contribution in [1.82, 2.24) is 0 Å². The van der Waals surface area contributed by atoms with Crippen LogP contribution in [0.1, 0.15) is 16.4 Å². The minimum atomic E-state index is 0.0792. The summed E-state index contributed by atoms with van der Waals surface area (Å²) >= 11 is 10.4. The number of hydrogen-bond acceptors (Lipinski definition) is 2. The van der Waals surface area contributed by atoms with Crippen LogP contribution in [-0.2, 0) is 6.42 Å². The fourth-order valence-corrected chi connectivity index (χ4v) is 2.25. The van der Waals surface area contributed by atoms with E-state index in [4.69, 9.17) is 11.6 Å². The van der Waals surface area contributed by atoms with Crippen LogP contribution in [0.5, 0.6) is 5.75 Å². The number of benzene rings is 2. The van der Waals surface area contributed by atoms with Crippen molar-refractivity contribution in [1.29, 1.82) is 0 Å². The molecule has 2 aromatic carbocycles. The van der Waals surface area contributed by atoms with Crippen LogP contribution in [0.2, 0.25) is 5.02 Å². The average molecular weight is 265 g/mol. The van der Waals surface area contributed by atoms with Gasteiger partial charge in [0.15, 0.2) is 0 Å². The molecule has 0 aliphatic heterocycles. The predicted octanol–water partition coefficient (Wildman–Crippen LogP) is 4.26. The average Bonchev–Trinajstić information content (AvgIpc) is 2.34. The first-order chi connectivity index (χ1) is 8.16. The first-order valence-electron chi connectivity index (χ1n) is 5.37. The highest BCUT2D eigenvalue weighted by Gasteiger charge is 2.09. The van der Waals surface area contributed by atoms with Gasteiger partial charge in [-0.15, -0.1) is 0 Å². The van der Waals surface area contributed by atoms with Crippen LogP contribution in [0.25, 0.3) is 0 Å². The van der Waals surface area contributed by atoms with Crippen molar-refractivity contribution in [3.05, 3.63) is 64.7 Å². The molecule has 0 amide bonds. The Morgan fingerprint density at radius 3 is 2.47 bits per heavy atom. The molecule has 0 fully saturated rings. The lowest BCUT2D eigenvalue weighted by Gasteiger charge is -2.12. The largest absolute Gasteiger partial charge is 0.506 e. The summed E-state index contributed by atoms with van der Waals surface area (Å²) in [6.07, 6.45) is 0.838. The SMILES string of the molecule is Oc1ccc(C(S)Cc2ccccc2)cc1Cl. The third-order valence-corrected chi connectivity index (χ3v) is 3.41. The van der Waals surface area contributed by atoms with E-state index in [9.17, 15) is 5.11 Å². The highest BCUT2D eigenvalue weighted by molar-refractivity contribution is 7.80. The standard InChI is InChI=1S/C14H13ClOS/c15-12-9-11(6-7-13(12)16)14(17)8-10-4-2-1-3-5-10/h1-7,9,14,16-17H,8H2. The molecule has 0 radical (unpaired) electrons. The Morgan fingerprint density at radius 1 is 1.12 bits per heavy atom. The van der Waals surface area contributed by atoms with Gasteiger partial charge in [0.2, 0.25) is 0 Å². The van der Waals surface area contributed by atoms with Gasteiger partial charge in [-0.25, -0.2) is 0 Å². The minimum Gasteiger partial charge on any atom is -0.506 e. The van der Waals surface area contributed by atoms with E-state index in [0.717, 1.165) is 12.0 Å². The van der Waals surface area contributed by atoms with E-state index in [1.54, 1.807) is 12.1 Å². The first kappa shape index (κ1) is 12.3. The summed E-state index contributed by atoms with van der Waals surface area (Å²) in [5.41, 5.74) is 2.25. The van der Waals surface area contributed by atoms with Gasteiger partial charge in [0, 0.05) is 5.25 Å². The van der Waals surface area contributed by atoms with Crippen molar-refractivity contribution >= 4 is 24.2 Å². The number of phenols is 1. The highest BCUT2D eigenvalue weighted by atomic mass is 35.5. The first-order valence-corrected chi connectivity index (χ1v) is 6.26. The molecule has 0 heterocycles. The summed E-state index contributed by atoms with van der Waals surface area (Å²) in [5, 5.41) is 9.81. The fourth-order valence-electron chi connectivity index (χ4n) is 1.69. The van der Waals surface area contributed by atoms with E-state index in [1.165, 1.54) is 5.56 Å². The van der Waals surface area contributed by atoms with E-state index in [-0.39, 0.29) is 11.0 Å². The van der Waals surface area contributed by atoms with Crippen molar-refractivity contribution < 1.29 is 5.11 Å². The molecule has 88 valence electrons. The van der Waals surface area contributed by atoms with Crippen molar-refractivity contribution in [2.45, 2.75) is 11.7 Å². The maximum absolute atomic E-state index is 9.36. The number of thiol groups is 1. The minimum absolute atomic E-state index is 0.0792. The Labute approximate surface area is 111 Å². The molecule has 0 spiro atoms. The summed E-state index contributed by atoms with van der Waals surface area (Å²) < 4.78 is 0. The summed E-state index contributed by atoms with van der Waals surface area (Å²) in [6.45, 7) is 0. The molecule has 2 rings (SSSR count). The van der Waals surface area contributed by atoms with E-state index < -0.39 is 0 Å². The molecular weight excluding hydrogens is 252 g/mol. The van der Waals surface area contributed by atoms with Gasteiger partial charge in [0.1, 0.15) is 5.75 Å². The molecule has 3 heteroatoms. The lowest BCUT2D eigenvalue weighted by atomic mass is 10.0. The quantitative estimate of drug-likeness (QED) is 0.794. The Kier molecular flexibility index (Phi) is 3.97. The van der Waals surface area contributed by atoms with Gasteiger partial charge in [-0.3, -0.25) is 0 Å². The normalized spacial score (nSPS) is 12.4. The topological polar surface area (TPSA) is 20.2 Å². The molecular formula is C14H13ClOS. The number of phenolic OH excluding ortho intramolecular Hbond substituents is 1. The lowest BCUT2D eigenvalue weighted by molar-refractivity contribution is 0.475.